The minimum absolute atomic E-state index is 0.0564. The van der Waals surface area contributed by atoms with Gasteiger partial charge in [0.2, 0.25) is 5.91 Å². The van der Waals surface area contributed by atoms with Crippen LogP contribution in [0.3, 0.4) is 0 Å². The van der Waals surface area contributed by atoms with Crippen molar-refractivity contribution in [2.45, 2.75) is 59.1 Å². The molecule has 0 saturated carbocycles. The molecule has 138 valence electrons. The van der Waals surface area contributed by atoms with E-state index in [1.807, 2.05) is 13.8 Å². The Bertz CT molecular complexity index is 473. The molecule has 0 aromatic carbocycles. The Morgan fingerprint density at radius 3 is 2.50 bits per heavy atom. The van der Waals surface area contributed by atoms with Crippen LogP contribution in [0.25, 0.3) is 0 Å². The predicted molar refractivity (Wildman–Crippen MR) is 89.6 cm³/mol. The number of hydrazine groups is 1. The van der Waals surface area contributed by atoms with Crippen LogP contribution < -0.4 is 16.5 Å². The topological polar surface area (TPSA) is 114 Å². The second-order valence-electron chi connectivity index (χ2n) is 7.58. The van der Waals surface area contributed by atoms with Gasteiger partial charge in [-0.3, -0.25) is 15.0 Å². The van der Waals surface area contributed by atoms with E-state index in [9.17, 15) is 14.4 Å². The number of nitrogens with zero attached hydrogens (tertiary/aromatic N) is 1. The summed E-state index contributed by atoms with van der Waals surface area (Å²) in [6.45, 7) is 9.74. The summed E-state index contributed by atoms with van der Waals surface area (Å²) in [7, 11) is 0. The summed E-state index contributed by atoms with van der Waals surface area (Å²) in [5.41, 5.74) is 7.66. The van der Waals surface area contributed by atoms with E-state index in [-0.39, 0.29) is 24.3 Å². The molecule has 1 saturated heterocycles. The molecule has 4 N–H and O–H groups in total. The highest BCUT2D eigenvalue weighted by molar-refractivity contribution is 5.84. The van der Waals surface area contributed by atoms with Gasteiger partial charge in [-0.1, -0.05) is 13.8 Å². The molecular weight excluding hydrogens is 312 g/mol. The molecule has 1 heterocycles. The maximum Gasteiger partial charge on any atom is 0.429 e. The first-order chi connectivity index (χ1) is 11.0. The Morgan fingerprint density at radius 2 is 2.04 bits per heavy atom. The third-order valence-corrected chi connectivity index (χ3v) is 3.49. The van der Waals surface area contributed by atoms with E-state index >= 15 is 0 Å². The molecule has 2 atom stereocenters. The molecule has 2 unspecified atom stereocenters. The molecule has 3 amide bonds. The summed E-state index contributed by atoms with van der Waals surface area (Å²) < 4.78 is 5.31. The first-order valence-corrected chi connectivity index (χ1v) is 8.34. The molecule has 0 aromatic rings. The first-order valence-electron chi connectivity index (χ1n) is 8.34. The fraction of sp³-hybridized carbons (Fsp3) is 0.812. The molecule has 1 fully saturated rings. The van der Waals surface area contributed by atoms with E-state index < -0.39 is 23.6 Å². The van der Waals surface area contributed by atoms with Crippen molar-refractivity contribution in [2.24, 2.45) is 17.6 Å². The zero-order valence-corrected chi connectivity index (χ0v) is 15.2. The summed E-state index contributed by atoms with van der Waals surface area (Å²) in [6.07, 6.45) is 0.400. The van der Waals surface area contributed by atoms with Gasteiger partial charge >= 0.3 is 6.09 Å². The minimum Gasteiger partial charge on any atom is -0.442 e. The average molecular weight is 342 g/mol. The Hall–Kier alpha value is -1.83. The van der Waals surface area contributed by atoms with Gasteiger partial charge in [0.15, 0.2) is 0 Å². The highest BCUT2D eigenvalue weighted by Crippen LogP contribution is 2.14. The second-order valence-corrected chi connectivity index (χ2v) is 7.58. The van der Waals surface area contributed by atoms with Crippen LogP contribution in [-0.4, -0.2) is 47.6 Å². The standard InChI is InChI=1S/C16H30N4O4/c1-10(2)8-12(17)14(22)19-20(15(23)24-16(3,4)5)9-11-6-7-18-13(11)21/h10-12H,6-9,17H2,1-5H3,(H,18,21)(H,19,22). The maximum atomic E-state index is 12.4. The van der Waals surface area contributed by atoms with Gasteiger partial charge in [-0.15, -0.1) is 0 Å². The lowest BCUT2D eigenvalue weighted by atomic mass is 10.0. The fourth-order valence-corrected chi connectivity index (χ4v) is 2.35. The lowest BCUT2D eigenvalue weighted by Crippen LogP contribution is -2.55. The van der Waals surface area contributed by atoms with Gasteiger partial charge in [-0.25, -0.2) is 9.80 Å². The van der Waals surface area contributed by atoms with Gasteiger partial charge in [0.05, 0.1) is 18.5 Å². The van der Waals surface area contributed by atoms with Crippen LogP contribution in [0.2, 0.25) is 0 Å². The van der Waals surface area contributed by atoms with Crippen LogP contribution in [0.1, 0.15) is 47.5 Å². The van der Waals surface area contributed by atoms with Crippen molar-refractivity contribution in [2.75, 3.05) is 13.1 Å². The summed E-state index contributed by atoms with van der Waals surface area (Å²) in [5.74, 6) is -0.724. The normalized spacial score (nSPS) is 19.0. The minimum atomic E-state index is -0.729. The zero-order chi connectivity index (χ0) is 18.5. The SMILES string of the molecule is CC(C)CC(N)C(=O)NN(CC1CCNC1=O)C(=O)OC(C)(C)C. The van der Waals surface area contributed by atoms with Gasteiger partial charge in [0.1, 0.15) is 5.60 Å². The molecule has 0 bridgehead atoms. The highest BCUT2D eigenvalue weighted by Gasteiger charge is 2.32. The van der Waals surface area contributed by atoms with Gasteiger partial charge in [0, 0.05) is 6.54 Å². The molecular formula is C16H30N4O4. The Morgan fingerprint density at radius 1 is 1.42 bits per heavy atom. The number of carbonyl (C=O) groups excluding carboxylic acids is 3. The molecule has 0 aliphatic carbocycles. The number of nitrogens with one attached hydrogen (secondary N) is 2. The number of carbonyl (C=O) groups is 3. The van der Waals surface area contributed by atoms with E-state index in [0.717, 1.165) is 5.01 Å². The third kappa shape index (κ3) is 6.74. The molecule has 24 heavy (non-hydrogen) atoms. The third-order valence-electron chi connectivity index (χ3n) is 3.49. The Labute approximate surface area is 143 Å². The van der Waals surface area contributed by atoms with Crippen molar-refractivity contribution in [1.82, 2.24) is 15.8 Å². The van der Waals surface area contributed by atoms with Crippen LogP contribution in [0.5, 0.6) is 0 Å². The van der Waals surface area contributed by atoms with E-state index in [1.54, 1.807) is 20.8 Å². The molecule has 1 aliphatic rings. The van der Waals surface area contributed by atoms with Crippen LogP contribution >= 0.6 is 0 Å². The van der Waals surface area contributed by atoms with E-state index in [2.05, 4.69) is 10.7 Å². The number of ether oxygens (including phenoxy) is 1. The van der Waals surface area contributed by atoms with Gasteiger partial charge in [-0.2, -0.15) is 0 Å². The van der Waals surface area contributed by atoms with Crippen LogP contribution in [0.4, 0.5) is 4.79 Å². The van der Waals surface area contributed by atoms with Gasteiger partial charge < -0.3 is 15.8 Å². The fourth-order valence-electron chi connectivity index (χ4n) is 2.35. The van der Waals surface area contributed by atoms with Gasteiger partial charge in [0.25, 0.3) is 5.91 Å². The van der Waals surface area contributed by atoms with Crippen molar-refractivity contribution >= 4 is 17.9 Å². The lowest BCUT2D eigenvalue weighted by Gasteiger charge is -2.29. The van der Waals surface area contributed by atoms with Crippen LogP contribution in [0, 0.1) is 11.8 Å². The summed E-state index contributed by atoms with van der Waals surface area (Å²) >= 11 is 0. The van der Waals surface area contributed by atoms with Crippen molar-refractivity contribution in [1.29, 1.82) is 0 Å². The summed E-state index contributed by atoms with van der Waals surface area (Å²) in [6, 6.07) is -0.729. The number of nitrogens with two attached hydrogens (primary N) is 1. The molecule has 0 aromatic heterocycles. The molecule has 0 radical (unpaired) electrons. The van der Waals surface area contributed by atoms with E-state index in [4.69, 9.17) is 10.5 Å². The van der Waals surface area contributed by atoms with Crippen LogP contribution in [0.15, 0.2) is 0 Å². The highest BCUT2D eigenvalue weighted by atomic mass is 16.6. The van der Waals surface area contributed by atoms with E-state index in [0.29, 0.717) is 19.4 Å². The van der Waals surface area contributed by atoms with E-state index in [1.165, 1.54) is 0 Å². The largest absolute Gasteiger partial charge is 0.442 e. The number of hydrogen-bond donors (Lipinski definition) is 3. The average Bonchev–Trinajstić information content (AvgIpc) is 2.80. The van der Waals surface area contributed by atoms with Crippen molar-refractivity contribution in [3.05, 3.63) is 0 Å². The molecule has 1 aliphatic heterocycles. The molecule has 8 heteroatoms. The van der Waals surface area contributed by atoms with Gasteiger partial charge in [-0.05, 0) is 39.5 Å². The number of amides is 3. The number of hydrogen-bond acceptors (Lipinski definition) is 5. The molecule has 1 rings (SSSR count). The quantitative estimate of drug-likeness (QED) is 0.638. The monoisotopic (exact) mass is 342 g/mol. The predicted octanol–water partition coefficient (Wildman–Crippen LogP) is 0.764. The second kappa shape index (κ2) is 8.32. The Balaban J connectivity index is 2.78. The smallest absolute Gasteiger partial charge is 0.429 e. The maximum absolute atomic E-state index is 12.4. The zero-order valence-electron chi connectivity index (χ0n) is 15.2. The van der Waals surface area contributed by atoms with Crippen molar-refractivity contribution < 1.29 is 19.1 Å². The summed E-state index contributed by atoms with van der Waals surface area (Å²) in [5, 5.41) is 3.77. The Kier molecular flexibility index (Phi) is 7.01. The first kappa shape index (κ1) is 20.2. The van der Waals surface area contributed by atoms with Crippen molar-refractivity contribution in [3.8, 4) is 0 Å². The lowest BCUT2D eigenvalue weighted by molar-refractivity contribution is -0.129. The summed E-state index contributed by atoms with van der Waals surface area (Å²) in [4.78, 5) is 36.3. The van der Waals surface area contributed by atoms with Crippen molar-refractivity contribution in [3.63, 3.8) is 0 Å². The van der Waals surface area contributed by atoms with Crippen LogP contribution in [-0.2, 0) is 14.3 Å². The molecule has 8 nitrogen and oxygen atoms in total. The number of rotatable bonds is 5. The molecule has 0 spiro atoms.